The van der Waals surface area contributed by atoms with E-state index in [4.69, 9.17) is 23.7 Å². The Morgan fingerprint density at radius 3 is 2.38 bits per heavy atom. The predicted octanol–water partition coefficient (Wildman–Crippen LogP) is -0.662. The van der Waals surface area contributed by atoms with Crippen molar-refractivity contribution >= 4 is 0 Å². The summed E-state index contributed by atoms with van der Waals surface area (Å²) in [6.45, 7) is 8.77. The summed E-state index contributed by atoms with van der Waals surface area (Å²) in [7, 11) is 1.70. The van der Waals surface area contributed by atoms with Crippen molar-refractivity contribution in [2.45, 2.75) is 74.8 Å². The molecule has 3 fully saturated rings. The molecule has 1 aromatic rings. The van der Waals surface area contributed by atoms with Crippen LogP contribution in [0.15, 0.2) is 30.3 Å². The number of hydrogen-bond donors (Lipinski definition) is 5. The van der Waals surface area contributed by atoms with E-state index in [9.17, 15) is 20.4 Å². The first-order valence-electron chi connectivity index (χ1n) is 11.0. The van der Waals surface area contributed by atoms with Gasteiger partial charge in [-0.05, 0) is 27.0 Å². The SMILES string of the molecule is CNCC1O[CH-]C(O)C(O)C1OC1OC2COC(C)(C)OC2C(O)C1O.[CH2-]c1ccccc1.[Y]. The molecule has 0 saturated carbocycles. The summed E-state index contributed by atoms with van der Waals surface area (Å²) in [5.41, 5.74) is 1.07. The van der Waals surface area contributed by atoms with E-state index in [-0.39, 0.29) is 39.3 Å². The minimum Gasteiger partial charge on any atom is -0.544 e. The van der Waals surface area contributed by atoms with Crippen LogP contribution in [-0.4, -0.2) is 102 Å². The maximum Gasteiger partial charge on any atom is 0.187 e. The molecule has 9 unspecified atom stereocenters. The summed E-state index contributed by atoms with van der Waals surface area (Å²) in [5.74, 6) is -0.899. The third-order valence-corrected chi connectivity index (χ3v) is 5.64. The van der Waals surface area contributed by atoms with Gasteiger partial charge in [0.25, 0.3) is 0 Å². The molecular weight excluding hydrogens is 523 g/mol. The van der Waals surface area contributed by atoms with Gasteiger partial charge in [0.1, 0.15) is 30.5 Å². The summed E-state index contributed by atoms with van der Waals surface area (Å²) < 4.78 is 28.0. The van der Waals surface area contributed by atoms with Crippen molar-refractivity contribution in [3.63, 3.8) is 0 Å². The van der Waals surface area contributed by atoms with E-state index < -0.39 is 60.9 Å². The first-order valence-corrected chi connectivity index (χ1v) is 11.0. The normalized spacial score (nSPS) is 39.1. The van der Waals surface area contributed by atoms with Crippen molar-refractivity contribution < 1.29 is 76.8 Å². The van der Waals surface area contributed by atoms with Crippen LogP contribution in [0.2, 0.25) is 0 Å². The standard InChI is InChI=1S/C16H28NO9.C7H7.Y/c1-16(2)23-6-9-14(26-16)11(20)12(21)15(24-9)25-13-8(4-17-3)22-5-7(18)10(13)19;1-7-5-3-2-4-6-7;/h5,7-15,17-21H,4,6H2,1-3H3;2-6H,1H2;/q2*-1;. The molecule has 11 heteroatoms. The smallest absolute Gasteiger partial charge is 0.187 e. The van der Waals surface area contributed by atoms with E-state index in [0.717, 1.165) is 12.2 Å². The van der Waals surface area contributed by atoms with Crippen LogP contribution in [0.1, 0.15) is 19.4 Å². The van der Waals surface area contributed by atoms with Crippen molar-refractivity contribution in [1.82, 2.24) is 5.32 Å². The van der Waals surface area contributed by atoms with Gasteiger partial charge in [0.15, 0.2) is 12.1 Å². The topological polar surface area (TPSA) is 139 Å². The number of nitrogens with one attached hydrogen (secondary N) is 1. The Labute approximate surface area is 225 Å². The maximum absolute atomic E-state index is 10.4. The fourth-order valence-corrected chi connectivity index (χ4v) is 3.86. The van der Waals surface area contributed by atoms with Gasteiger partial charge in [0, 0.05) is 39.3 Å². The summed E-state index contributed by atoms with van der Waals surface area (Å²) >= 11 is 0. The van der Waals surface area contributed by atoms with Crippen LogP contribution < -0.4 is 5.32 Å². The summed E-state index contributed by atoms with van der Waals surface area (Å²) in [5, 5.41) is 43.8. The zero-order chi connectivity index (χ0) is 24.2. The number of likely N-dealkylation sites (N-methyl/N-ethyl adjacent to an activating group) is 1. The third-order valence-electron chi connectivity index (χ3n) is 5.64. The number of aliphatic hydroxyl groups is 4. The Hall–Kier alpha value is -0.206. The molecule has 3 heterocycles. The van der Waals surface area contributed by atoms with Crippen molar-refractivity contribution in [1.29, 1.82) is 0 Å². The van der Waals surface area contributed by atoms with E-state index in [1.54, 1.807) is 20.9 Å². The van der Waals surface area contributed by atoms with Crippen LogP contribution in [-0.2, 0) is 56.4 Å². The van der Waals surface area contributed by atoms with E-state index in [1.807, 2.05) is 30.3 Å². The number of fused-ring (bicyclic) bond motifs is 1. The molecule has 34 heavy (non-hydrogen) atoms. The fraction of sp³-hybridized carbons (Fsp3) is 0.652. The molecule has 191 valence electrons. The van der Waals surface area contributed by atoms with E-state index in [2.05, 4.69) is 12.2 Å². The van der Waals surface area contributed by atoms with Crippen molar-refractivity contribution in [2.75, 3.05) is 20.2 Å². The van der Waals surface area contributed by atoms with Gasteiger partial charge in [0.05, 0.1) is 18.8 Å². The molecule has 0 amide bonds. The van der Waals surface area contributed by atoms with Gasteiger partial charge in [-0.25, -0.2) is 0 Å². The number of hydrogen-bond acceptors (Lipinski definition) is 10. The summed E-state index contributed by atoms with van der Waals surface area (Å²) in [6.07, 6.45) is -9.43. The van der Waals surface area contributed by atoms with E-state index >= 15 is 0 Å². The zero-order valence-electron chi connectivity index (χ0n) is 19.7. The Morgan fingerprint density at radius 2 is 1.79 bits per heavy atom. The van der Waals surface area contributed by atoms with Gasteiger partial charge < -0.3 is 49.4 Å². The molecular formula is C23H35NO9Y-2. The van der Waals surface area contributed by atoms with Gasteiger partial charge in [-0.1, -0.05) is 6.07 Å². The molecule has 3 aliphatic rings. The second-order valence-corrected chi connectivity index (χ2v) is 8.75. The Morgan fingerprint density at radius 1 is 1.12 bits per heavy atom. The summed E-state index contributed by atoms with van der Waals surface area (Å²) in [6, 6.07) is 9.87. The van der Waals surface area contributed by atoms with Gasteiger partial charge in [0.2, 0.25) is 0 Å². The summed E-state index contributed by atoms with van der Waals surface area (Å²) in [4.78, 5) is 0. The van der Waals surface area contributed by atoms with Crippen molar-refractivity contribution in [3.05, 3.63) is 49.4 Å². The molecule has 3 saturated heterocycles. The minimum atomic E-state index is -1.41. The molecule has 0 aliphatic carbocycles. The van der Waals surface area contributed by atoms with E-state index in [0.29, 0.717) is 6.54 Å². The molecule has 9 atom stereocenters. The first-order chi connectivity index (χ1) is 15.6. The Kier molecular flexibility index (Phi) is 11.8. The van der Waals surface area contributed by atoms with Crippen molar-refractivity contribution in [2.24, 2.45) is 0 Å². The van der Waals surface area contributed by atoms with Crippen molar-refractivity contribution in [3.8, 4) is 0 Å². The largest absolute Gasteiger partial charge is 0.544 e. The Balaban J connectivity index is 0.000000439. The second-order valence-electron chi connectivity index (χ2n) is 8.75. The van der Waals surface area contributed by atoms with Crippen LogP contribution in [0.5, 0.6) is 0 Å². The average Bonchev–Trinajstić information content (AvgIpc) is 2.78. The molecule has 1 aromatic carbocycles. The number of rotatable bonds is 4. The van der Waals surface area contributed by atoms with Gasteiger partial charge in [-0.15, -0.1) is 12.1 Å². The Bertz CT molecular complexity index is 726. The molecule has 5 N–H and O–H groups in total. The molecule has 10 nitrogen and oxygen atoms in total. The van der Waals surface area contributed by atoms with Gasteiger partial charge in [-0.2, -0.15) is 31.2 Å². The van der Waals surface area contributed by atoms with E-state index in [1.165, 1.54) is 0 Å². The predicted molar refractivity (Wildman–Crippen MR) is 116 cm³/mol. The van der Waals surface area contributed by atoms with Crippen LogP contribution in [0, 0.1) is 13.5 Å². The second kappa shape index (κ2) is 13.4. The molecule has 0 spiro atoms. The number of aliphatic hydroxyl groups excluding tert-OH is 4. The van der Waals surface area contributed by atoms with Crippen LogP contribution >= 0.6 is 0 Å². The molecule has 0 aromatic heterocycles. The molecule has 0 bridgehead atoms. The molecule has 3 aliphatic heterocycles. The zero-order valence-corrected chi connectivity index (χ0v) is 22.5. The van der Waals surface area contributed by atoms with Crippen LogP contribution in [0.25, 0.3) is 0 Å². The quantitative estimate of drug-likeness (QED) is 0.303. The molecule has 4 rings (SSSR count). The average molecular weight is 558 g/mol. The fourth-order valence-electron chi connectivity index (χ4n) is 3.86. The first kappa shape index (κ1) is 30.0. The van der Waals surface area contributed by atoms with Crippen LogP contribution in [0.3, 0.4) is 0 Å². The number of benzene rings is 1. The monoisotopic (exact) mass is 558 g/mol. The third kappa shape index (κ3) is 7.65. The molecule has 1 radical (unpaired) electrons. The minimum absolute atomic E-state index is 0. The van der Waals surface area contributed by atoms with Gasteiger partial charge in [-0.3, -0.25) is 0 Å². The van der Waals surface area contributed by atoms with Gasteiger partial charge >= 0.3 is 0 Å². The number of ether oxygens (including phenoxy) is 5. The van der Waals surface area contributed by atoms with Crippen LogP contribution in [0.4, 0.5) is 0 Å². The maximum atomic E-state index is 10.4.